The van der Waals surface area contributed by atoms with Crippen LogP contribution < -0.4 is 10.0 Å². The van der Waals surface area contributed by atoms with Crippen LogP contribution in [0.1, 0.15) is 57.1 Å². The van der Waals surface area contributed by atoms with Crippen LogP contribution in [-0.2, 0) is 10.0 Å². The number of sulfonamides is 1. The lowest BCUT2D eigenvalue weighted by molar-refractivity contribution is 0.109. The Morgan fingerprint density at radius 1 is 1.03 bits per heavy atom. The number of nitrogens with one attached hydrogen (secondary N) is 2. The van der Waals surface area contributed by atoms with Crippen LogP contribution in [0.2, 0.25) is 0 Å². The van der Waals surface area contributed by atoms with E-state index in [1.54, 1.807) is 42.6 Å². The van der Waals surface area contributed by atoms with Crippen molar-refractivity contribution in [2.24, 2.45) is 0 Å². The van der Waals surface area contributed by atoms with E-state index in [-0.39, 0.29) is 17.0 Å². The second kappa shape index (κ2) is 11.1. The highest BCUT2D eigenvalue weighted by molar-refractivity contribution is 7.92. The number of fused-ring (bicyclic) bond motifs is 1. The molecule has 10 heteroatoms. The minimum absolute atomic E-state index is 0.147. The first-order valence-electron chi connectivity index (χ1n) is 13.2. The molecule has 9 nitrogen and oxygen atoms in total. The molecule has 5 rings (SSSR count). The van der Waals surface area contributed by atoms with Crippen molar-refractivity contribution in [3.8, 4) is 11.3 Å². The van der Waals surface area contributed by atoms with Gasteiger partial charge in [-0.05, 0) is 63.3 Å². The molecule has 0 saturated heterocycles. The average Bonchev–Trinajstić information content (AvgIpc) is 3.29. The summed E-state index contributed by atoms with van der Waals surface area (Å²) in [6.45, 7) is 4.86. The van der Waals surface area contributed by atoms with E-state index in [1.807, 2.05) is 23.7 Å². The fourth-order valence-corrected chi connectivity index (χ4v) is 5.84. The molecule has 200 valence electrons. The number of benzene rings is 2. The number of rotatable bonds is 9. The van der Waals surface area contributed by atoms with E-state index < -0.39 is 10.0 Å². The SMILES string of the molecule is CCCCNc1ncc2c(-c3ccc(NS(=O)(=O)c4ccc(C)cc4)cc3)nn([C@H]3CC[C@@H](O)CC3)c2n1. The van der Waals surface area contributed by atoms with Gasteiger partial charge in [0.05, 0.1) is 22.4 Å². The third-order valence-corrected chi connectivity index (χ3v) is 8.41. The van der Waals surface area contributed by atoms with Gasteiger partial charge in [0.1, 0.15) is 5.69 Å². The molecule has 0 bridgehead atoms. The highest BCUT2D eigenvalue weighted by Crippen LogP contribution is 2.35. The summed E-state index contributed by atoms with van der Waals surface area (Å²) in [6, 6.07) is 14.1. The number of unbranched alkanes of at least 4 members (excludes halogenated alkanes) is 1. The second-order valence-electron chi connectivity index (χ2n) is 9.96. The minimum Gasteiger partial charge on any atom is -0.393 e. The summed E-state index contributed by atoms with van der Waals surface area (Å²) in [6.07, 6.45) is 6.81. The molecule has 0 radical (unpaired) electrons. The molecular formula is C28H34N6O3S. The fraction of sp³-hybridized carbons (Fsp3) is 0.393. The molecule has 2 heterocycles. The van der Waals surface area contributed by atoms with Gasteiger partial charge in [0.25, 0.3) is 10.0 Å². The number of hydrogen-bond donors (Lipinski definition) is 3. The van der Waals surface area contributed by atoms with E-state index >= 15 is 0 Å². The quantitative estimate of drug-likeness (QED) is 0.249. The Balaban J connectivity index is 1.45. The van der Waals surface area contributed by atoms with Gasteiger partial charge in [-0.15, -0.1) is 0 Å². The van der Waals surface area contributed by atoms with Crippen molar-refractivity contribution in [1.82, 2.24) is 19.7 Å². The summed E-state index contributed by atoms with van der Waals surface area (Å²) in [4.78, 5) is 9.57. The smallest absolute Gasteiger partial charge is 0.261 e. The first-order valence-corrected chi connectivity index (χ1v) is 14.7. The fourth-order valence-electron chi connectivity index (χ4n) is 4.78. The first-order chi connectivity index (χ1) is 18.3. The normalized spacial score (nSPS) is 18.0. The molecule has 1 saturated carbocycles. The summed E-state index contributed by atoms with van der Waals surface area (Å²) in [5.41, 5.74) is 3.83. The lowest BCUT2D eigenvalue weighted by Crippen LogP contribution is -2.22. The maximum absolute atomic E-state index is 12.8. The zero-order chi connectivity index (χ0) is 26.7. The standard InChI is InChI=1S/C28H34N6O3S/c1-3-4-17-29-28-30-18-25-26(32-34(27(25)31-28)22-11-13-23(35)14-12-22)20-7-9-21(10-8-20)33-38(36,37)24-15-5-19(2)6-16-24/h5-10,15-16,18,22-23,33,35H,3-4,11-14,17H2,1-2H3,(H,29,30,31)/t22-,23+. The number of aliphatic hydroxyl groups is 1. The van der Waals surface area contributed by atoms with E-state index in [1.165, 1.54) is 0 Å². The van der Waals surface area contributed by atoms with E-state index in [2.05, 4.69) is 21.9 Å². The molecule has 0 atom stereocenters. The summed E-state index contributed by atoms with van der Waals surface area (Å²) < 4.78 is 30.2. The molecule has 1 aliphatic carbocycles. The van der Waals surface area contributed by atoms with E-state index in [4.69, 9.17) is 10.1 Å². The second-order valence-corrected chi connectivity index (χ2v) is 11.6. The zero-order valence-corrected chi connectivity index (χ0v) is 22.6. The number of aromatic nitrogens is 4. The minimum atomic E-state index is -3.69. The molecule has 3 N–H and O–H groups in total. The molecule has 0 amide bonds. The highest BCUT2D eigenvalue weighted by atomic mass is 32.2. The van der Waals surface area contributed by atoms with Gasteiger partial charge in [0, 0.05) is 24.0 Å². The van der Waals surface area contributed by atoms with Crippen LogP contribution in [0.3, 0.4) is 0 Å². The summed E-state index contributed by atoms with van der Waals surface area (Å²) in [7, 11) is -3.69. The molecule has 2 aromatic heterocycles. The number of aryl methyl sites for hydroxylation is 1. The Bertz CT molecular complexity index is 1490. The lowest BCUT2D eigenvalue weighted by Gasteiger charge is -2.25. The van der Waals surface area contributed by atoms with Gasteiger partial charge in [0.2, 0.25) is 5.95 Å². The van der Waals surface area contributed by atoms with Gasteiger partial charge in [-0.2, -0.15) is 10.1 Å². The Labute approximate surface area is 223 Å². The van der Waals surface area contributed by atoms with E-state index in [9.17, 15) is 13.5 Å². The number of nitrogens with zero attached hydrogens (tertiary/aromatic N) is 4. The third kappa shape index (κ3) is 5.66. The Hall–Kier alpha value is -3.50. The van der Waals surface area contributed by atoms with Crippen LogP contribution in [0.25, 0.3) is 22.3 Å². The van der Waals surface area contributed by atoms with Gasteiger partial charge < -0.3 is 10.4 Å². The van der Waals surface area contributed by atoms with Crippen LogP contribution in [0.4, 0.5) is 11.6 Å². The molecule has 1 aliphatic rings. The largest absolute Gasteiger partial charge is 0.393 e. The molecular weight excluding hydrogens is 500 g/mol. The maximum atomic E-state index is 12.8. The predicted molar refractivity (Wildman–Crippen MR) is 150 cm³/mol. The van der Waals surface area contributed by atoms with Gasteiger partial charge in [-0.25, -0.2) is 18.1 Å². The first kappa shape index (κ1) is 26.1. The Kier molecular flexibility index (Phi) is 7.62. The lowest BCUT2D eigenvalue weighted by atomic mass is 9.93. The average molecular weight is 535 g/mol. The van der Waals surface area contributed by atoms with Crippen molar-refractivity contribution >= 4 is 32.7 Å². The topological polar surface area (TPSA) is 122 Å². The molecule has 0 unspecified atom stereocenters. The van der Waals surface area contributed by atoms with Gasteiger partial charge in [-0.1, -0.05) is 43.2 Å². The number of aliphatic hydroxyl groups excluding tert-OH is 1. The number of hydrogen-bond acceptors (Lipinski definition) is 7. The molecule has 38 heavy (non-hydrogen) atoms. The van der Waals surface area contributed by atoms with Crippen molar-refractivity contribution in [2.45, 2.75) is 69.4 Å². The molecule has 0 aliphatic heterocycles. The van der Waals surface area contributed by atoms with Crippen molar-refractivity contribution < 1.29 is 13.5 Å². The zero-order valence-electron chi connectivity index (χ0n) is 21.8. The van der Waals surface area contributed by atoms with Crippen LogP contribution in [0.15, 0.2) is 59.6 Å². The third-order valence-electron chi connectivity index (χ3n) is 7.02. The van der Waals surface area contributed by atoms with Crippen LogP contribution >= 0.6 is 0 Å². The van der Waals surface area contributed by atoms with Gasteiger partial charge >= 0.3 is 0 Å². The summed E-state index contributed by atoms with van der Waals surface area (Å²) in [5.74, 6) is 0.579. The van der Waals surface area contributed by atoms with Crippen molar-refractivity contribution in [3.63, 3.8) is 0 Å². The summed E-state index contributed by atoms with van der Waals surface area (Å²) >= 11 is 0. The maximum Gasteiger partial charge on any atom is 0.261 e. The highest BCUT2D eigenvalue weighted by Gasteiger charge is 2.25. The molecule has 1 fully saturated rings. The van der Waals surface area contributed by atoms with Crippen LogP contribution in [0.5, 0.6) is 0 Å². The predicted octanol–water partition coefficient (Wildman–Crippen LogP) is 5.29. The molecule has 2 aromatic carbocycles. The van der Waals surface area contributed by atoms with E-state index in [0.29, 0.717) is 11.6 Å². The van der Waals surface area contributed by atoms with Crippen molar-refractivity contribution in [1.29, 1.82) is 0 Å². The Morgan fingerprint density at radius 3 is 2.42 bits per heavy atom. The van der Waals surface area contributed by atoms with Crippen LogP contribution in [0, 0.1) is 6.92 Å². The summed E-state index contributed by atoms with van der Waals surface area (Å²) in [5, 5.41) is 19.1. The van der Waals surface area contributed by atoms with Crippen LogP contribution in [-0.4, -0.2) is 45.9 Å². The molecule has 4 aromatic rings. The van der Waals surface area contributed by atoms with Gasteiger partial charge in [0.15, 0.2) is 5.65 Å². The van der Waals surface area contributed by atoms with Crippen molar-refractivity contribution in [3.05, 3.63) is 60.3 Å². The Morgan fingerprint density at radius 2 is 1.74 bits per heavy atom. The van der Waals surface area contributed by atoms with Gasteiger partial charge in [-0.3, -0.25) is 4.72 Å². The monoisotopic (exact) mass is 534 g/mol. The van der Waals surface area contributed by atoms with E-state index in [0.717, 1.165) is 72.9 Å². The molecule has 0 spiro atoms. The van der Waals surface area contributed by atoms with Crippen molar-refractivity contribution in [2.75, 3.05) is 16.6 Å². The number of anilines is 2.